The number of nitrogens with zero attached hydrogens (tertiary/aromatic N) is 1. The molecule has 2 fully saturated rings. The molecule has 0 spiro atoms. The lowest BCUT2D eigenvalue weighted by molar-refractivity contribution is -0.141. The highest BCUT2D eigenvalue weighted by molar-refractivity contribution is 6.59. The molecule has 3 heterocycles. The molecule has 4 N–H and O–H groups in total. The zero-order valence-corrected chi connectivity index (χ0v) is 14.8. The van der Waals surface area contributed by atoms with Crippen LogP contribution < -0.4 is 14.7 Å². The Labute approximate surface area is 155 Å². The van der Waals surface area contributed by atoms with Crippen molar-refractivity contribution in [2.75, 3.05) is 19.6 Å². The zero-order valence-electron chi connectivity index (χ0n) is 14.8. The molecule has 3 aliphatic rings. The molecule has 0 unspecified atom stereocenters. The summed E-state index contributed by atoms with van der Waals surface area (Å²) in [5.41, 5.74) is 0.377. The summed E-state index contributed by atoms with van der Waals surface area (Å²) in [5, 5.41) is 32.3. The van der Waals surface area contributed by atoms with Gasteiger partial charge in [-0.2, -0.15) is 0 Å². The van der Waals surface area contributed by atoms with Crippen LogP contribution in [0.3, 0.4) is 0 Å². The molecule has 27 heavy (non-hydrogen) atoms. The maximum atomic E-state index is 12.3. The number of aromatic carboxylic acids is 1. The maximum Gasteiger partial charge on any atom is 0.430 e. The van der Waals surface area contributed by atoms with Crippen molar-refractivity contribution in [3.05, 3.63) is 23.3 Å². The van der Waals surface area contributed by atoms with Crippen LogP contribution in [-0.2, 0) is 11.2 Å². The summed E-state index contributed by atoms with van der Waals surface area (Å²) < 4.78 is 10.9. The van der Waals surface area contributed by atoms with Crippen LogP contribution in [0.1, 0.15) is 28.8 Å². The van der Waals surface area contributed by atoms with Crippen molar-refractivity contribution in [2.45, 2.75) is 37.7 Å². The Bertz CT molecular complexity index is 773. The van der Waals surface area contributed by atoms with E-state index >= 15 is 0 Å². The van der Waals surface area contributed by atoms with E-state index in [0.29, 0.717) is 25.1 Å². The molecule has 0 aromatic heterocycles. The molecule has 0 saturated carbocycles. The number of fused-ring (bicyclic) bond motifs is 1. The van der Waals surface area contributed by atoms with Gasteiger partial charge in [-0.05, 0) is 37.4 Å². The number of rotatable bonds is 4. The molecule has 1 amide bonds. The summed E-state index contributed by atoms with van der Waals surface area (Å²) in [6.07, 6.45) is 1.83. The van der Waals surface area contributed by atoms with E-state index in [1.807, 2.05) is 0 Å². The van der Waals surface area contributed by atoms with Gasteiger partial charge in [0, 0.05) is 0 Å². The van der Waals surface area contributed by atoms with E-state index in [4.69, 9.17) is 9.39 Å². The first-order chi connectivity index (χ1) is 12.8. The first-order valence-electron chi connectivity index (χ1n) is 9.21. The Balaban J connectivity index is 1.47. The van der Waals surface area contributed by atoms with Gasteiger partial charge < -0.3 is 34.8 Å². The number of carbonyl (C=O) groups is 2. The highest BCUT2D eigenvalue weighted by atomic mass is 16.6. The number of nitrogens with one attached hydrogen (secondary N) is 1. The molecule has 9 nitrogen and oxygen atoms in total. The SMILES string of the molecule is O=C(O)c1c(OC2CN(C(=O)[C@@H]3CCCN3)C2)ccc2c1O[B-](O)(O)CC2. The van der Waals surface area contributed by atoms with Crippen molar-refractivity contribution in [1.29, 1.82) is 0 Å². The maximum absolute atomic E-state index is 12.3. The van der Waals surface area contributed by atoms with E-state index in [1.54, 1.807) is 17.0 Å². The van der Waals surface area contributed by atoms with Gasteiger partial charge in [0.1, 0.15) is 17.4 Å². The zero-order chi connectivity index (χ0) is 19.2. The van der Waals surface area contributed by atoms with Gasteiger partial charge in [-0.15, -0.1) is 0 Å². The number of hydrogen-bond acceptors (Lipinski definition) is 7. The molecule has 1 atom stereocenters. The molecule has 1 aromatic rings. The van der Waals surface area contributed by atoms with Crippen molar-refractivity contribution < 1.29 is 34.1 Å². The first kappa shape index (κ1) is 18.1. The molecular formula is C17H22BN2O7-. The van der Waals surface area contributed by atoms with Crippen LogP contribution in [0.15, 0.2) is 12.1 Å². The van der Waals surface area contributed by atoms with Crippen molar-refractivity contribution in [3.63, 3.8) is 0 Å². The molecule has 4 rings (SSSR count). The monoisotopic (exact) mass is 377 g/mol. The highest BCUT2D eigenvalue weighted by Crippen LogP contribution is 2.39. The topological polar surface area (TPSA) is 129 Å². The van der Waals surface area contributed by atoms with Crippen molar-refractivity contribution in [3.8, 4) is 11.5 Å². The third-order valence-corrected chi connectivity index (χ3v) is 5.32. The van der Waals surface area contributed by atoms with Crippen LogP contribution in [-0.4, -0.2) is 70.5 Å². The fourth-order valence-corrected chi connectivity index (χ4v) is 3.82. The number of amides is 1. The summed E-state index contributed by atoms with van der Waals surface area (Å²) >= 11 is 0. The van der Waals surface area contributed by atoms with Gasteiger partial charge in [0.25, 0.3) is 0 Å². The lowest BCUT2D eigenvalue weighted by Gasteiger charge is -2.41. The Kier molecular flexibility index (Phi) is 4.49. The van der Waals surface area contributed by atoms with Gasteiger partial charge in [-0.25, -0.2) is 4.79 Å². The van der Waals surface area contributed by atoms with Gasteiger partial charge in [0.15, 0.2) is 0 Å². The Morgan fingerprint density at radius 1 is 1.30 bits per heavy atom. The summed E-state index contributed by atoms with van der Waals surface area (Å²) in [7, 11) is 0. The van der Waals surface area contributed by atoms with Gasteiger partial charge >= 0.3 is 12.7 Å². The highest BCUT2D eigenvalue weighted by Gasteiger charge is 2.38. The minimum atomic E-state index is -3.07. The van der Waals surface area contributed by atoms with Crippen LogP contribution >= 0.6 is 0 Å². The van der Waals surface area contributed by atoms with Gasteiger partial charge in [-0.3, -0.25) is 4.79 Å². The molecular weight excluding hydrogens is 355 g/mol. The third kappa shape index (κ3) is 3.47. The van der Waals surface area contributed by atoms with Crippen LogP contribution in [0.4, 0.5) is 0 Å². The fraction of sp³-hybridized carbons (Fsp3) is 0.529. The average Bonchev–Trinajstić information content (AvgIpc) is 3.10. The van der Waals surface area contributed by atoms with E-state index in [2.05, 4.69) is 5.32 Å². The molecule has 10 heteroatoms. The second kappa shape index (κ2) is 6.70. The van der Waals surface area contributed by atoms with Gasteiger partial charge in [-0.1, -0.05) is 12.4 Å². The molecule has 0 bridgehead atoms. The molecule has 2 saturated heterocycles. The summed E-state index contributed by atoms with van der Waals surface area (Å²) in [5.74, 6) is -1.17. The van der Waals surface area contributed by atoms with Gasteiger partial charge in [0.2, 0.25) is 5.91 Å². The summed E-state index contributed by atoms with van der Waals surface area (Å²) in [4.78, 5) is 25.7. The van der Waals surface area contributed by atoms with Crippen molar-refractivity contribution >= 4 is 18.6 Å². The molecule has 146 valence electrons. The lowest BCUT2D eigenvalue weighted by atomic mass is 9.70. The predicted molar refractivity (Wildman–Crippen MR) is 94.8 cm³/mol. The lowest BCUT2D eigenvalue weighted by Crippen LogP contribution is -2.59. The molecule has 3 aliphatic heterocycles. The second-order valence-corrected chi connectivity index (χ2v) is 7.38. The Hall–Kier alpha value is -2.30. The molecule has 0 radical (unpaired) electrons. The quantitative estimate of drug-likeness (QED) is 0.521. The third-order valence-electron chi connectivity index (χ3n) is 5.32. The van der Waals surface area contributed by atoms with E-state index in [0.717, 1.165) is 19.4 Å². The Morgan fingerprint density at radius 2 is 2.07 bits per heavy atom. The van der Waals surface area contributed by atoms with E-state index < -0.39 is 12.7 Å². The minimum absolute atomic E-state index is 0.0150. The van der Waals surface area contributed by atoms with Crippen molar-refractivity contribution in [2.24, 2.45) is 0 Å². The normalized spacial score (nSPS) is 23.9. The number of likely N-dealkylation sites (tertiary alicyclic amines) is 1. The summed E-state index contributed by atoms with van der Waals surface area (Å²) in [6.45, 7) is -1.44. The van der Waals surface area contributed by atoms with E-state index in [1.165, 1.54) is 0 Å². The van der Waals surface area contributed by atoms with Crippen LogP contribution in [0.5, 0.6) is 11.5 Å². The molecule has 0 aliphatic carbocycles. The average molecular weight is 377 g/mol. The largest absolute Gasteiger partial charge is 0.669 e. The molecule has 1 aromatic carbocycles. The van der Waals surface area contributed by atoms with E-state index in [-0.39, 0.29) is 41.4 Å². The number of aryl methyl sites for hydroxylation is 1. The number of carboxylic acids is 1. The predicted octanol–water partition coefficient (Wildman–Crippen LogP) is -0.415. The Morgan fingerprint density at radius 3 is 2.74 bits per heavy atom. The number of hydrogen-bond donors (Lipinski definition) is 4. The number of benzene rings is 1. The number of carboxylic acid groups (broad SMARTS) is 1. The van der Waals surface area contributed by atoms with Crippen LogP contribution in [0.25, 0.3) is 0 Å². The van der Waals surface area contributed by atoms with E-state index in [9.17, 15) is 24.7 Å². The standard InChI is InChI=1S/C17H22BN2O7/c21-16(12-2-1-7-19-12)20-8-11(9-20)26-13-4-3-10-5-6-18(24,25)27-15(10)14(13)17(22)23/h3-4,11-12,19,24-25H,1-2,5-9H2,(H,22,23)/q-1/t12-/m0/s1. The first-order valence-corrected chi connectivity index (χ1v) is 9.21. The smallest absolute Gasteiger partial charge is 0.430 e. The summed E-state index contributed by atoms with van der Waals surface area (Å²) in [6, 6.07) is 3.10. The van der Waals surface area contributed by atoms with Crippen molar-refractivity contribution in [1.82, 2.24) is 10.2 Å². The number of carbonyl (C=O) groups excluding carboxylic acids is 1. The van der Waals surface area contributed by atoms with Crippen LogP contribution in [0.2, 0.25) is 6.32 Å². The number of ether oxygens (including phenoxy) is 1. The minimum Gasteiger partial charge on any atom is -0.669 e. The fourth-order valence-electron chi connectivity index (χ4n) is 3.82. The second-order valence-electron chi connectivity index (χ2n) is 7.38. The van der Waals surface area contributed by atoms with Crippen LogP contribution in [0, 0.1) is 0 Å². The van der Waals surface area contributed by atoms with Gasteiger partial charge in [0.05, 0.1) is 24.9 Å².